The number of aromatic nitrogens is 3. The van der Waals surface area contributed by atoms with Crippen molar-refractivity contribution in [2.45, 2.75) is 0 Å². The molecule has 0 spiro atoms. The maximum absolute atomic E-state index is 11.8. The maximum atomic E-state index is 11.8. The summed E-state index contributed by atoms with van der Waals surface area (Å²) in [5.74, 6) is 0.160. The fraction of sp³-hybridized carbons (Fsp3) is 0.167. The molecule has 0 bridgehead atoms. The monoisotopic (exact) mass is 275 g/mol. The molecule has 0 atom stereocenters. The molecule has 0 unspecified atom stereocenters. The minimum absolute atomic E-state index is 0.237. The summed E-state index contributed by atoms with van der Waals surface area (Å²) in [4.78, 5) is 24.0. The van der Waals surface area contributed by atoms with Crippen LogP contribution in [0.25, 0.3) is 0 Å². The number of hydrogen-bond donors (Lipinski definition) is 2. The predicted molar refractivity (Wildman–Crippen MR) is 72.2 cm³/mol. The number of carbonyl (C=O) groups excluding carboxylic acids is 1. The predicted octanol–water partition coefficient (Wildman–Crippen LogP) is -0.178. The smallest absolute Gasteiger partial charge is 0.320 e. The lowest BCUT2D eigenvalue weighted by Gasteiger charge is -1.98. The molecule has 8 nitrogen and oxygen atoms in total. The molecule has 20 heavy (non-hydrogen) atoms. The van der Waals surface area contributed by atoms with Crippen LogP contribution in [-0.4, -0.2) is 41.4 Å². The van der Waals surface area contributed by atoms with Gasteiger partial charge in [-0.1, -0.05) is 0 Å². The van der Waals surface area contributed by atoms with Crippen molar-refractivity contribution < 1.29 is 9.53 Å². The number of carbonyl (C=O) groups is 1. The zero-order valence-electron chi connectivity index (χ0n) is 11.0. The van der Waals surface area contributed by atoms with Crippen molar-refractivity contribution in [1.82, 2.24) is 20.4 Å². The average Bonchev–Trinajstić information content (AvgIpc) is 2.86. The van der Waals surface area contributed by atoms with Crippen LogP contribution >= 0.6 is 0 Å². The highest BCUT2D eigenvalue weighted by Gasteiger charge is 2.14. The van der Waals surface area contributed by atoms with E-state index in [-0.39, 0.29) is 5.69 Å². The number of hydrogen-bond acceptors (Lipinski definition) is 5. The van der Waals surface area contributed by atoms with Crippen molar-refractivity contribution in [2.24, 2.45) is 5.10 Å². The van der Waals surface area contributed by atoms with Crippen LogP contribution in [0.15, 0.2) is 34.2 Å². The Bertz CT molecular complexity index is 684. The van der Waals surface area contributed by atoms with E-state index in [9.17, 15) is 9.59 Å². The van der Waals surface area contributed by atoms with Gasteiger partial charge in [0.05, 0.1) is 13.3 Å². The van der Waals surface area contributed by atoms with Crippen molar-refractivity contribution in [1.29, 1.82) is 0 Å². The molecule has 8 heteroatoms. The minimum Gasteiger partial charge on any atom is -0.497 e. The number of nitrogens with zero attached hydrogens (tertiary/aromatic N) is 3. The molecule has 1 aromatic heterocycles. The van der Waals surface area contributed by atoms with E-state index in [1.165, 1.54) is 13.3 Å². The molecule has 0 fully saturated rings. The van der Waals surface area contributed by atoms with Gasteiger partial charge in [-0.2, -0.15) is 10.3 Å². The van der Waals surface area contributed by atoms with Crippen LogP contribution in [0.2, 0.25) is 0 Å². The molecule has 0 aliphatic carbocycles. The Morgan fingerprint density at radius 2 is 2.15 bits per heavy atom. The van der Waals surface area contributed by atoms with Gasteiger partial charge in [0, 0.05) is 7.05 Å². The first-order valence-electron chi connectivity index (χ1n) is 5.73. The second-order valence-electron chi connectivity index (χ2n) is 3.77. The second-order valence-corrected chi connectivity index (χ2v) is 3.77. The number of methoxy groups -OCH3 is 1. The maximum Gasteiger partial charge on any atom is 0.320 e. The van der Waals surface area contributed by atoms with Crippen molar-refractivity contribution >= 4 is 12.1 Å². The molecular formula is C12H13N5O3. The van der Waals surface area contributed by atoms with E-state index in [0.717, 1.165) is 16.1 Å². The highest BCUT2D eigenvalue weighted by molar-refractivity contribution is 5.91. The Labute approximate surface area is 114 Å². The Morgan fingerprint density at radius 1 is 1.45 bits per heavy atom. The minimum atomic E-state index is -0.617. The highest BCUT2D eigenvalue weighted by Crippen LogP contribution is 2.09. The SMILES string of the molecule is CNC(=O)c1n[nH]n(/N=C\c2ccc(OC)cc2)c1=O. The molecule has 0 radical (unpaired) electrons. The zero-order valence-corrected chi connectivity index (χ0v) is 11.0. The Balaban J connectivity index is 2.21. The van der Waals surface area contributed by atoms with Gasteiger partial charge in [-0.3, -0.25) is 9.59 Å². The number of rotatable bonds is 4. The highest BCUT2D eigenvalue weighted by atomic mass is 16.5. The Morgan fingerprint density at radius 3 is 2.75 bits per heavy atom. The van der Waals surface area contributed by atoms with Crippen LogP contribution in [0.4, 0.5) is 0 Å². The topological polar surface area (TPSA) is 101 Å². The van der Waals surface area contributed by atoms with Crippen LogP contribution in [0.3, 0.4) is 0 Å². The fourth-order valence-corrected chi connectivity index (χ4v) is 1.45. The third-order valence-corrected chi connectivity index (χ3v) is 2.53. The summed E-state index contributed by atoms with van der Waals surface area (Å²) in [5, 5.41) is 12.2. The zero-order chi connectivity index (χ0) is 14.5. The van der Waals surface area contributed by atoms with E-state index in [0.29, 0.717) is 0 Å². The van der Waals surface area contributed by atoms with Crippen LogP contribution in [0.5, 0.6) is 5.75 Å². The second kappa shape index (κ2) is 5.83. The summed E-state index contributed by atoms with van der Waals surface area (Å²) >= 11 is 0. The summed E-state index contributed by atoms with van der Waals surface area (Å²) in [6.07, 6.45) is 1.46. The van der Waals surface area contributed by atoms with E-state index in [2.05, 4.69) is 20.7 Å². The lowest BCUT2D eigenvalue weighted by molar-refractivity contribution is 0.0957. The molecule has 0 saturated carbocycles. The standard InChI is InChI=1S/C12H13N5O3/c1-13-11(18)10-12(19)17(16-15-10)14-7-8-3-5-9(20-2)6-4-8/h3-7,16H,1-2H3,(H,13,18)/b14-7-. The molecule has 104 valence electrons. The molecule has 2 N–H and O–H groups in total. The molecule has 1 amide bonds. The van der Waals surface area contributed by atoms with E-state index >= 15 is 0 Å². The molecule has 1 aromatic carbocycles. The Hall–Kier alpha value is -2.90. The Kier molecular flexibility index (Phi) is 3.94. The molecule has 0 aliphatic heterocycles. The number of nitrogens with one attached hydrogen (secondary N) is 2. The molecule has 0 saturated heterocycles. The molecule has 2 aromatic rings. The van der Waals surface area contributed by atoms with E-state index in [1.807, 2.05) is 0 Å². The lowest BCUT2D eigenvalue weighted by atomic mass is 10.2. The molecular weight excluding hydrogens is 262 g/mol. The number of ether oxygens (including phenoxy) is 1. The molecule has 2 rings (SSSR count). The number of amides is 1. The normalized spacial score (nSPS) is 10.7. The van der Waals surface area contributed by atoms with Gasteiger partial charge in [-0.25, -0.2) is 0 Å². The summed E-state index contributed by atoms with van der Waals surface area (Å²) < 4.78 is 5.03. The van der Waals surface area contributed by atoms with E-state index < -0.39 is 11.5 Å². The van der Waals surface area contributed by atoms with Gasteiger partial charge in [0.2, 0.25) is 5.69 Å². The van der Waals surface area contributed by atoms with Crippen molar-refractivity contribution in [3.05, 3.63) is 45.9 Å². The lowest BCUT2D eigenvalue weighted by Crippen LogP contribution is -2.26. The van der Waals surface area contributed by atoms with Crippen LogP contribution in [0, 0.1) is 0 Å². The van der Waals surface area contributed by atoms with Gasteiger partial charge >= 0.3 is 5.56 Å². The van der Waals surface area contributed by atoms with Gasteiger partial charge in [-0.05, 0) is 29.8 Å². The molecule has 1 heterocycles. The number of H-pyrrole nitrogens is 1. The van der Waals surface area contributed by atoms with Gasteiger partial charge in [-0.15, -0.1) is 9.89 Å². The first kappa shape index (κ1) is 13.5. The van der Waals surface area contributed by atoms with E-state index in [4.69, 9.17) is 4.74 Å². The van der Waals surface area contributed by atoms with Crippen LogP contribution in [-0.2, 0) is 0 Å². The fourth-order valence-electron chi connectivity index (χ4n) is 1.45. The first-order valence-corrected chi connectivity index (χ1v) is 5.73. The summed E-state index contributed by atoms with van der Waals surface area (Å²) in [6, 6.07) is 7.10. The first-order chi connectivity index (χ1) is 9.65. The number of benzene rings is 1. The quantitative estimate of drug-likeness (QED) is 0.756. The van der Waals surface area contributed by atoms with Gasteiger partial charge in [0.1, 0.15) is 5.75 Å². The third-order valence-electron chi connectivity index (χ3n) is 2.53. The summed E-state index contributed by atoms with van der Waals surface area (Å²) in [7, 11) is 3.00. The third kappa shape index (κ3) is 2.74. The van der Waals surface area contributed by atoms with Gasteiger partial charge in [0.25, 0.3) is 5.91 Å². The largest absolute Gasteiger partial charge is 0.497 e. The van der Waals surface area contributed by atoms with Crippen LogP contribution < -0.4 is 15.6 Å². The summed E-state index contributed by atoms with van der Waals surface area (Å²) in [6.45, 7) is 0. The van der Waals surface area contributed by atoms with Crippen molar-refractivity contribution in [3.8, 4) is 5.75 Å². The van der Waals surface area contributed by atoms with Crippen molar-refractivity contribution in [2.75, 3.05) is 14.2 Å². The van der Waals surface area contributed by atoms with Gasteiger partial charge < -0.3 is 10.1 Å². The summed E-state index contributed by atoms with van der Waals surface area (Å²) in [5.41, 5.74) is -0.0812. The average molecular weight is 275 g/mol. The molecule has 0 aliphatic rings. The van der Waals surface area contributed by atoms with Gasteiger partial charge in [0.15, 0.2) is 0 Å². The van der Waals surface area contributed by atoms with Crippen LogP contribution in [0.1, 0.15) is 16.1 Å². The van der Waals surface area contributed by atoms with E-state index in [1.54, 1.807) is 31.4 Å². The van der Waals surface area contributed by atoms with Crippen molar-refractivity contribution in [3.63, 3.8) is 0 Å². The number of aromatic amines is 1.